The molecule has 0 fully saturated rings. The fraction of sp³-hybridized carbons (Fsp3) is 0.0426. The molecule has 246 valence electrons. The summed E-state index contributed by atoms with van der Waals surface area (Å²) in [5, 5.41) is 2.14. The van der Waals surface area contributed by atoms with Crippen LogP contribution in [0, 0.1) is 0 Å². The van der Waals surface area contributed by atoms with Crippen LogP contribution in [0.5, 0.6) is 5.75 Å². The Hall–Kier alpha value is -6.85. The third-order valence-corrected chi connectivity index (χ3v) is 10.3. The van der Waals surface area contributed by atoms with Gasteiger partial charge in [-0.05, 0) is 65.6 Å². The number of rotatable bonds is 5. The van der Waals surface area contributed by atoms with Crippen molar-refractivity contribution in [3.63, 3.8) is 0 Å². The van der Waals surface area contributed by atoms with Gasteiger partial charge in [-0.25, -0.2) is 15.0 Å². The van der Waals surface area contributed by atoms with Crippen molar-refractivity contribution >= 4 is 21.9 Å². The van der Waals surface area contributed by atoms with E-state index in [2.05, 4.69) is 91.5 Å². The van der Waals surface area contributed by atoms with Crippen molar-refractivity contribution in [2.75, 3.05) is 0 Å². The van der Waals surface area contributed by atoms with Gasteiger partial charge >= 0.3 is 0 Å². The average molecular weight is 670 g/mol. The van der Waals surface area contributed by atoms with Crippen molar-refractivity contribution in [2.45, 2.75) is 12.3 Å². The number of hydrogen-bond donors (Lipinski definition) is 0. The van der Waals surface area contributed by atoms with E-state index in [0.29, 0.717) is 17.5 Å². The summed E-state index contributed by atoms with van der Waals surface area (Å²) >= 11 is 0. The number of fused-ring (bicyclic) bond motifs is 10. The molecule has 0 N–H and O–H groups in total. The monoisotopic (exact) mass is 669 g/mol. The van der Waals surface area contributed by atoms with E-state index in [1.807, 2.05) is 79.7 Å². The predicted molar refractivity (Wildman–Crippen MR) is 208 cm³/mol. The molecule has 1 spiro atoms. The van der Waals surface area contributed by atoms with E-state index in [9.17, 15) is 0 Å². The van der Waals surface area contributed by atoms with Crippen LogP contribution < -0.4 is 4.74 Å². The van der Waals surface area contributed by atoms with Gasteiger partial charge in [-0.1, -0.05) is 128 Å². The molecule has 8 aromatic rings. The SMILES string of the molecule is C=C/C=C\C1=C(C)Oc2ccc(-c3nc(-c4ccccc4)nc(-c4ccc5c(c4)oc4ccccc45)n3)cc2C12c1ccccc1-c1ccccc12. The van der Waals surface area contributed by atoms with Crippen molar-refractivity contribution in [3.8, 4) is 51.0 Å². The molecule has 5 nitrogen and oxygen atoms in total. The molecule has 2 aromatic heterocycles. The summed E-state index contributed by atoms with van der Waals surface area (Å²) in [5.74, 6) is 3.38. The van der Waals surface area contributed by atoms with Gasteiger partial charge in [-0.3, -0.25) is 0 Å². The quantitative estimate of drug-likeness (QED) is 0.171. The molecular weight excluding hydrogens is 639 g/mol. The highest BCUT2D eigenvalue weighted by Crippen LogP contribution is 2.61. The Morgan fingerprint density at radius 2 is 1.15 bits per heavy atom. The Labute approximate surface area is 300 Å². The first kappa shape index (κ1) is 30.0. The maximum Gasteiger partial charge on any atom is 0.164 e. The minimum Gasteiger partial charge on any atom is -0.461 e. The lowest BCUT2D eigenvalue weighted by Crippen LogP contribution is -2.34. The van der Waals surface area contributed by atoms with E-state index in [1.54, 1.807) is 0 Å². The van der Waals surface area contributed by atoms with Crippen LogP contribution in [0.1, 0.15) is 23.6 Å². The Kier molecular flexibility index (Phi) is 6.70. The normalized spacial score (nSPS) is 14.1. The van der Waals surface area contributed by atoms with Crippen LogP contribution >= 0.6 is 0 Å². The van der Waals surface area contributed by atoms with E-state index < -0.39 is 5.41 Å². The molecule has 6 aromatic carbocycles. The molecule has 0 radical (unpaired) electrons. The zero-order chi connectivity index (χ0) is 34.8. The van der Waals surface area contributed by atoms with E-state index in [0.717, 1.165) is 61.3 Å². The molecule has 5 heteroatoms. The fourth-order valence-corrected chi connectivity index (χ4v) is 8.12. The summed E-state index contributed by atoms with van der Waals surface area (Å²) in [6.07, 6.45) is 5.94. The zero-order valence-electron chi connectivity index (χ0n) is 28.4. The van der Waals surface area contributed by atoms with Crippen LogP contribution in [-0.2, 0) is 5.41 Å². The van der Waals surface area contributed by atoms with Crippen molar-refractivity contribution in [3.05, 3.63) is 192 Å². The number of allylic oxidation sites excluding steroid dienone is 5. The molecule has 10 rings (SSSR count). The number of furan rings is 1. The number of para-hydroxylation sites is 1. The van der Waals surface area contributed by atoms with Gasteiger partial charge in [0.1, 0.15) is 22.7 Å². The van der Waals surface area contributed by atoms with Crippen LogP contribution in [-0.4, -0.2) is 15.0 Å². The summed E-state index contributed by atoms with van der Waals surface area (Å²) in [4.78, 5) is 15.3. The number of aromatic nitrogens is 3. The maximum absolute atomic E-state index is 6.63. The van der Waals surface area contributed by atoms with Crippen LogP contribution in [0.15, 0.2) is 180 Å². The van der Waals surface area contributed by atoms with Crippen LogP contribution in [0.3, 0.4) is 0 Å². The van der Waals surface area contributed by atoms with Gasteiger partial charge in [-0.15, -0.1) is 0 Å². The standard InChI is InChI=1S/C47H31N3O2/c1-3-4-19-37-29(2)51-42-26-24-31(27-40(42)47(37)38-20-11-8-16-33(38)34-17-9-12-21-39(34)47)45-48-44(30-14-6-5-7-15-30)49-46(50-45)32-23-25-36-35-18-10-13-22-41(35)52-43(36)28-32/h3-28H,1H2,2H3/b19-4-. The van der Waals surface area contributed by atoms with Crippen molar-refractivity contribution in [2.24, 2.45) is 0 Å². The Balaban J connectivity index is 1.21. The summed E-state index contributed by atoms with van der Waals surface area (Å²) < 4.78 is 12.9. The third-order valence-electron chi connectivity index (χ3n) is 10.3. The lowest BCUT2D eigenvalue weighted by atomic mass is 9.65. The highest BCUT2D eigenvalue weighted by Gasteiger charge is 2.51. The highest BCUT2D eigenvalue weighted by molar-refractivity contribution is 6.05. The van der Waals surface area contributed by atoms with E-state index in [1.165, 1.54) is 22.3 Å². The summed E-state index contributed by atoms with van der Waals surface area (Å²) in [6.45, 7) is 6.04. The Bertz CT molecular complexity index is 2760. The molecule has 0 amide bonds. The van der Waals surface area contributed by atoms with Crippen molar-refractivity contribution < 1.29 is 9.15 Å². The molecule has 0 bridgehead atoms. The first-order valence-corrected chi connectivity index (χ1v) is 17.4. The molecular formula is C47H31N3O2. The van der Waals surface area contributed by atoms with Crippen molar-refractivity contribution in [1.29, 1.82) is 0 Å². The van der Waals surface area contributed by atoms with E-state index in [4.69, 9.17) is 24.1 Å². The Morgan fingerprint density at radius 1 is 0.558 bits per heavy atom. The molecule has 0 saturated heterocycles. The second kappa shape index (κ2) is 11.6. The number of benzene rings is 6. The van der Waals surface area contributed by atoms with Gasteiger partial charge < -0.3 is 9.15 Å². The third kappa shape index (κ3) is 4.39. The van der Waals surface area contributed by atoms with Crippen LogP contribution in [0.25, 0.3) is 67.2 Å². The van der Waals surface area contributed by atoms with Crippen molar-refractivity contribution in [1.82, 2.24) is 15.0 Å². The maximum atomic E-state index is 6.63. The number of hydrogen-bond acceptors (Lipinski definition) is 5. The molecule has 1 aliphatic heterocycles. The largest absolute Gasteiger partial charge is 0.461 e. The highest BCUT2D eigenvalue weighted by atomic mass is 16.5. The second-order valence-corrected chi connectivity index (χ2v) is 13.2. The van der Waals surface area contributed by atoms with E-state index in [-0.39, 0.29) is 0 Å². The lowest BCUT2D eigenvalue weighted by molar-refractivity contribution is 0.387. The van der Waals surface area contributed by atoms with Crippen LogP contribution in [0.2, 0.25) is 0 Å². The first-order chi connectivity index (χ1) is 25.6. The Morgan fingerprint density at radius 3 is 1.88 bits per heavy atom. The molecule has 0 unspecified atom stereocenters. The number of nitrogens with zero attached hydrogens (tertiary/aromatic N) is 3. The van der Waals surface area contributed by atoms with Crippen LogP contribution in [0.4, 0.5) is 0 Å². The van der Waals surface area contributed by atoms with Gasteiger partial charge in [0.2, 0.25) is 0 Å². The van der Waals surface area contributed by atoms with Gasteiger partial charge in [0.15, 0.2) is 17.5 Å². The predicted octanol–water partition coefficient (Wildman–Crippen LogP) is 11.5. The van der Waals surface area contributed by atoms with Gasteiger partial charge in [0.05, 0.1) is 5.41 Å². The second-order valence-electron chi connectivity index (χ2n) is 13.2. The van der Waals surface area contributed by atoms with E-state index >= 15 is 0 Å². The lowest BCUT2D eigenvalue weighted by Gasteiger charge is -2.40. The topological polar surface area (TPSA) is 61.0 Å². The average Bonchev–Trinajstić information content (AvgIpc) is 3.71. The molecule has 0 saturated carbocycles. The molecule has 1 aliphatic carbocycles. The number of ether oxygens (including phenoxy) is 1. The molecule has 2 aliphatic rings. The summed E-state index contributed by atoms with van der Waals surface area (Å²) in [7, 11) is 0. The minimum atomic E-state index is -0.634. The minimum absolute atomic E-state index is 0.566. The smallest absolute Gasteiger partial charge is 0.164 e. The molecule has 52 heavy (non-hydrogen) atoms. The molecule has 3 heterocycles. The summed E-state index contributed by atoms with van der Waals surface area (Å²) in [5.41, 5.74) is 10.6. The van der Waals surface area contributed by atoms with Gasteiger partial charge in [-0.2, -0.15) is 0 Å². The van der Waals surface area contributed by atoms with Gasteiger partial charge in [0, 0.05) is 38.6 Å². The fourth-order valence-electron chi connectivity index (χ4n) is 8.12. The zero-order valence-corrected chi connectivity index (χ0v) is 28.4. The summed E-state index contributed by atoms with van der Waals surface area (Å²) in [6, 6.07) is 48.0. The molecule has 0 atom stereocenters. The van der Waals surface area contributed by atoms with Gasteiger partial charge in [0.25, 0.3) is 0 Å². The first-order valence-electron chi connectivity index (χ1n) is 17.4.